The van der Waals surface area contributed by atoms with Gasteiger partial charge in [-0.3, -0.25) is 15.0 Å². The minimum Gasteiger partial charge on any atom is -0.340 e. The van der Waals surface area contributed by atoms with Gasteiger partial charge in [0.15, 0.2) is 18.2 Å². The number of aliphatic imine (C=N–C) groups is 1. The van der Waals surface area contributed by atoms with Gasteiger partial charge in [-0.25, -0.2) is 9.79 Å². The van der Waals surface area contributed by atoms with Gasteiger partial charge in [0.2, 0.25) is 0 Å². The Labute approximate surface area is 182 Å². The molecule has 1 aromatic carbocycles. The number of likely N-dealkylation sites (N-methyl/N-ethyl adjacent to an activating group) is 1. The Bertz CT molecular complexity index is 821. The van der Waals surface area contributed by atoms with Crippen molar-refractivity contribution in [1.82, 2.24) is 24.9 Å². The summed E-state index contributed by atoms with van der Waals surface area (Å²) in [6.07, 6.45) is 1.90. The van der Waals surface area contributed by atoms with Crippen LogP contribution in [0.4, 0.5) is 4.79 Å². The van der Waals surface area contributed by atoms with Crippen LogP contribution in [0, 0.1) is 0 Å². The zero-order valence-electron chi connectivity index (χ0n) is 17.6. The number of rotatable bonds is 5. The number of hydrogen-bond acceptors (Lipinski definition) is 6. The van der Waals surface area contributed by atoms with Crippen LogP contribution in [-0.4, -0.2) is 89.5 Å². The predicted molar refractivity (Wildman–Crippen MR) is 116 cm³/mol. The third kappa shape index (κ3) is 4.11. The van der Waals surface area contributed by atoms with Crippen molar-refractivity contribution in [2.45, 2.75) is 38.5 Å². The standard InChI is InChI=1S/C21H29ClN6O2/c1-3-4-9-26-10-12-27(13-11-26)20-23-18-17(19(29)24-21(30)25(18)2)28(20)14-15-5-7-16(22)8-6-15/h5-8,17-18H,3-4,9-14H2,1-2H3,(H,24,29,30). The van der Waals surface area contributed by atoms with E-state index in [0.29, 0.717) is 11.6 Å². The van der Waals surface area contributed by atoms with Crippen molar-refractivity contribution in [3.63, 3.8) is 0 Å². The summed E-state index contributed by atoms with van der Waals surface area (Å²) >= 11 is 6.04. The number of halogens is 1. The first-order valence-electron chi connectivity index (χ1n) is 10.6. The van der Waals surface area contributed by atoms with Crippen LogP contribution < -0.4 is 5.32 Å². The normalized spacial score (nSPS) is 24.8. The van der Waals surface area contributed by atoms with Crippen LogP contribution in [0.3, 0.4) is 0 Å². The molecule has 0 bridgehead atoms. The van der Waals surface area contributed by atoms with E-state index in [4.69, 9.17) is 16.6 Å². The number of amides is 3. The average Bonchev–Trinajstić information content (AvgIpc) is 3.12. The molecule has 2 saturated heterocycles. The minimum absolute atomic E-state index is 0.294. The molecule has 0 saturated carbocycles. The third-order valence-electron chi connectivity index (χ3n) is 6.09. The van der Waals surface area contributed by atoms with E-state index in [0.717, 1.165) is 44.2 Å². The Morgan fingerprint density at radius 3 is 2.50 bits per heavy atom. The van der Waals surface area contributed by atoms with Gasteiger partial charge in [-0.1, -0.05) is 37.1 Å². The number of nitrogens with one attached hydrogen (secondary N) is 1. The SMILES string of the molecule is CCCCN1CCN(C2=NC3C(C(=O)NC(=O)N3C)N2Cc2ccc(Cl)cc2)CC1. The van der Waals surface area contributed by atoms with Gasteiger partial charge in [0.25, 0.3) is 5.91 Å². The highest BCUT2D eigenvalue weighted by Gasteiger charge is 2.49. The molecule has 0 radical (unpaired) electrons. The molecule has 3 amide bonds. The maximum Gasteiger partial charge on any atom is 0.325 e. The van der Waals surface area contributed by atoms with Gasteiger partial charge in [-0.05, 0) is 30.7 Å². The van der Waals surface area contributed by atoms with Crippen LogP contribution in [-0.2, 0) is 11.3 Å². The molecule has 3 aliphatic rings. The highest BCUT2D eigenvalue weighted by atomic mass is 35.5. The van der Waals surface area contributed by atoms with Crippen LogP contribution in [0.15, 0.2) is 29.3 Å². The van der Waals surface area contributed by atoms with Gasteiger partial charge in [0, 0.05) is 44.8 Å². The fourth-order valence-corrected chi connectivity index (χ4v) is 4.41. The molecule has 8 nitrogen and oxygen atoms in total. The van der Waals surface area contributed by atoms with Crippen molar-refractivity contribution < 1.29 is 9.59 Å². The lowest BCUT2D eigenvalue weighted by Gasteiger charge is -2.40. The number of piperazine rings is 1. The second-order valence-electron chi connectivity index (χ2n) is 8.13. The molecule has 4 rings (SSSR count). The number of carbonyl (C=O) groups is 2. The van der Waals surface area contributed by atoms with Crippen LogP contribution in [0.2, 0.25) is 5.02 Å². The first-order chi connectivity index (χ1) is 14.5. The molecule has 2 unspecified atom stereocenters. The van der Waals surface area contributed by atoms with E-state index in [-0.39, 0.29) is 5.91 Å². The molecule has 162 valence electrons. The smallest absolute Gasteiger partial charge is 0.325 e. The molecule has 2 fully saturated rings. The number of hydrogen-bond donors (Lipinski definition) is 1. The summed E-state index contributed by atoms with van der Waals surface area (Å²) in [5.41, 5.74) is 1.04. The maximum absolute atomic E-state index is 12.8. The quantitative estimate of drug-likeness (QED) is 0.768. The Morgan fingerprint density at radius 2 is 1.83 bits per heavy atom. The second-order valence-corrected chi connectivity index (χ2v) is 8.57. The van der Waals surface area contributed by atoms with Crippen molar-refractivity contribution in [3.8, 4) is 0 Å². The number of nitrogens with zero attached hydrogens (tertiary/aromatic N) is 5. The molecular formula is C21H29ClN6O2. The summed E-state index contributed by atoms with van der Waals surface area (Å²) in [6.45, 7) is 7.53. The predicted octanol–water partition coefficient (Wildman–Crippen LogP) is 1.81. The molecule has 3 heterocycles. The summed E-state index contributed by atoms with van der Waals surface area (Å²) < 4.78 is 0. The van der Waals surface area contributed by atoms with E-state index in [1.165, 1.54) is 17.7 Å². The number of fused-ring (bicyclic) bond motifs is 1. The van der Waals surface area contributed by atoms with E-state index in [1.54, 1.807) is 7.05 Å². The molecule has 1 N–H and O–H groups in total. The van der Waals surface area contributed by atoms with E-state index in [2.05, 4.69) is 22.0 Å². The lowest BCUT2D eigenvalue weighted by atomic mass is 10.1. The zero-order valence-corrected chi connectivity index (χ0v) is 18.3. The average molecular weight is 433 g/mol. The second kappa shape index (κ2) is 8.81. The Hall–Kier alpha value is -2.32. The maximum atomic E-state index is 12.8. The summed E-state index contributed by atoms with van der Waals surface area (Å²) in [4.78, 5) is 38.1. The van der Waals surface area contributed by atoms with Gasteiger partial charge >= 0.3 is 6.03 Å². The number of urea groups is 1. The van der Waals surface area contributed by atoms with Crippen LogP contribution in [0.5, 0.6) is 0 Å². The third-order valence-corrected chi connectivity index (χ3v) is 6.34. The van der Waals surface area contributed by atoms with Crippen molar-refractivity contribution in [2.24, 2.45) is 4.99 Å². The lowest BCUT2D eigenvalue weighted by Crippen LogP contribution is -2.64. The number of guanidine groups is 1. The number of benzene rings is 1. The first kappa shape index (κ1) is 20.9. The molecular weight excluding hydrogens is 404 g/mol. The van der Waals surface area contributed by atoms with Gasteiger partial charge in [0.1, 0.15) is 0 Å². The number of carbonyl (C=O) groups excluding carboxylic acids is 2. The van der Waals surface area contributed by atoms with Crippen molar-refractivity contribution in [3.05, 3.63) is 34.9 Å². The topological polar surface area (TPSA) is 71.5 Å². The van der Waals surface area contributed by atoms with Gasteiger partial charge in [0.05, 0.1) is 0 Å². The van der Waals surface area contributed by atoms with Gasteiger partial charge in [-0.15, -0.1) is 0 Å². The summed E-state index contributed by atoms with van der Waals surface area (Å²) in [7, 11) is 1.69. The van der Waals surface area contributed by atoms with Crippen molar-refractivity contribution in [1.29, 1.82) is 0 Å². The zero-order chi connectivity index (χ0) is 21.3. The fraction of sp³-hybridized carbons (Fsp3) is 0.571. The van der Waals surface area contributed by atoms with Crippen LogP contribution >= 0.6 is 11.6 Å². The Kier molecular flexibility index (Phi) is 6.15. The molecule has 30 heavy (non-hydrogen) atoms. The van der Waals surface area contributed by atoms with Gasteiger partial charge < -0.3 is 14.7 Å². The van der Waals surface area contributed by atoms with Crippen LogP contribution in [0.25, 0.3) is 0 Å². The van der Waals surface area contributed by atoms with E-state index in [1.807, 2.05) is 29.2 Å². The van der Waals surface area contributed by atoms with Crippen molar-refractivity contribution in [2.75, 3.05) is 39.8 Å². The van der Waals surface area contributed by atoms with E-state index < -0.39 is 18.2 Å². The molecule has 2 atom stereocenters. The Balaban J connectivity index is 1.56. The van der Waals surface area contributed by atoms with Gasteiger partial charge in [-0.2, -0.15) is 0 Å². The first-order valence-corrected chi connectivity index (χ1v) is 11.0. The summed E-state index contributed by atoms with van der Waals surface area (Å²) in [5.74, 6) is 0.504. The molecule has 1 aromatic rings. The molecule has 0 spiro atoms. The highest BCUT2D eigenvalue weighted by Crippen LogP contribution is 2.28. The highest BCUT2D eigenvalue weighted by molar-refractivity contribution is 6.30. The Morgan fingerprint density at radius 1 is 1.13 bits per heavy atom. The fourth-order valence-electron chi connectivity index (χ4n) is 4.28. The monoisotopic (exact) mass is 432 g/mol. The van der Waals surface area contributed by atoms with Crippen molar-refractivity contribution >= 4 is 29.5 Å². The summed E-state index contributed by atoms with van der Waals surface area (Å²) in [6, 6.07) is 6.70. The summed E-state index contributed by atoms with van der Waals surface area (Å²) in [5, 5.41) is 3.14. The number of unbranched alkanes of at least 4 members (excludes halogenated alkanes) is 1. The molecule has 0 aromatic heterocycles. The van der Waals surface area contributed by atoms with E-state index >= 15 is 0 Å². The number of imide groups is 1. The largest absolute Gasteiger partial charge is 0.340 e. The lowest BCUT2D eigenvalue weighted by molar-refractivity contribution is -0.127. The van der Waals surface area contributed by atoms with E-state index in [9.17, 15) is 9.59 Å². The molecule has 3 aliphatic heterocycles. The minimum atomic E-state index is -0.531. The molecule has 0 aliphatic carbocycles. The molecule has 9 heteroatoms. The van der Waals surface area contributed by atoms with Crippen LogP contribution in [0.1, 0.15) is 25.3 Å².